The van der Waals surface area contributed by atoms with E-state index in [1.165, 1.54) is 0 Å². The molecule has 0 aliphatic carbocycles. The first-order chi connectivity index (χ1) is 7.51. The van der Waals surface area contributed by atoms with Gasteiger partial charge >= 0.3 is 0 Å². The lowest BCUT2D eigenvalue weighted by atomic mass is 9.88. The van der Waals surface area contributed by atoms with Gasteiger partial charge in [-0.2, -0.15) is 0 Å². The van der Waals surface area contributed by atoms with E-state index in [0.29, 0.717) is 23.6 Å². The van der Waals surface area contributed by atoms with Crippen LogP contribution in [-0.2, 0) is 5.54 Å². The minimum absolute atomic E-state index is 0.139. The number of ether oxygens (including phenoxy) is 1. The number of hydrogen-bond acceptors (Lipinski definition) is 3. The third-order valence-electron chi connectivity index (χ3n) is 2.65. The van der Waals surface area contributed by atoms with Gasteiger partial charge in [-0.15, -0.1) is 0 Å². The standard InChI is InChI=1S/C12H18ClNO2/c1-12(14,6-3-7-15)10-5-4-9(16-2)8-11(10)13/h4-5,8,15H,3,6-7,14H2,1-2H3. The lowest BCUT2D eigenvalue weighted by molar-refractivity contribution is 0.265. The molecule has 16 heavy (non-hydrogen) atoms. The zero-order chi connectivity index (χ0) is 12.2. The number of halogens is 1. The van der Waals surface area contributed by atoms with Crippen molar-refractivity contribution in [1.82, 2.24) is 0 Å². The summed E-state index contributed by atoms with van der Waals surface area (Å²) in [6, 6.07) is 5.46. The Kier molecular flexibility index (Phi) is 4.59. The largest absolute Gasteiger partial charge is 0.497 e. The molecular formula is C12H18ClNO2. The molecule has 0 bridgehead atoms. The van der Waals surface area contributed by atoms with Gasteiger partial charge in [-0.3, -0.25) is 0 Å². The maximum absolute atomic E-state index is 8.82. The summed E-state index contributed by atoms with van der Waals surface area (Å²) in [7, 11) is 1.60. The van der Waals surface area contributed by atoms with Crippen LogP contribution < -0.4 is 10.5 Å². The Bertz CT molecular complexity index is 353. The van der Waals surface area contributed by atoms with E-state index in [1.54, 1.807) is 13.2 Å². The first-order valence-corrected chi connectivity index (χ1v) is 5.63. The fraction of sp³-hybridized carbons (Fsp3) is 0.500. The Morgan fingerprint density at radius 1 is 1.50 bits per heavy atom. The highest BCUT2D eigenvalue weighted by Gasteiger charge is 2.23. The maximum Gasteiger partial charge on any atom is 0.120 e. The SMILES string of the molecule is COc1ccc(C(C)(N)CCCO)c(Cl)c1. The van der Waals surface area contributed by atoms with Crippen molar-refractivity contribution >= 4 is 11.6 Å². The van der Waals surface area contributed by atoms with Crippen molar-refractivity contribution in [3.63, 3.8) is 0 Å². The molecule has 1 atom stereocenters. The summed E-state index contributed by atoms with van der Waals surface area (Å²) < 4.78 is 5.08. The highest BCUT2D eigenvalue weighted by atomic mass is 35.5. The van der Waals surface area contributed by atoms with Gasteiger partial charge in [-0.1, -0.05) is 17.7 Å². The van der Waals surface area contributed by atoms with Gasteiger partial charge in [0.25, 0.3) is 0 Å². The molecule has 4 heteroatoms. The molecule has 0 radical (unpaired) electrons. The van der Waals surface area contributed by atoms with Gasteiger partial charge in [0.15, 0.2) is 0 Å². The van der Waals surface area contributed by atoms with E-state index in [2.05, 4.69) is 0 Å². The van der Waals surface area contributed by atoms with E-state index >= 15 is 0 Å². The molecule has 3 N–H and O–H groups in total. The van der Waals surface area contributed by atoms with Gasteiger partial charge in [-0.25, -0.2) is 0 Å². The normalized spacial score (nSPS) is 14.6. The fourth-order valence-electron chi connectivity index (χ4n) is 1.67. The monoisotopic (exact) mass is 243 g/mol. The molecule has 0 aliphatic heterocycles. The summed E-state index contributed by atoms with van der Waals surface area (Å²) in [6.07, 6.45) is 1.35. The molecule has 1 rings (SSSR count). The smallest absolute Gasteiger partial charge is 0.120 e. The number of benzene rings is 1. The Morgan fingerprint density at radius 3 is 2.69 bits per heavy atom. The second-order valence-electron chi connectivity index (χ2n) is 4.09. The molecule has 0 spiro atoms. The van der Waals surface area contributed by atoms with Crippen molar-refractivity contribution < 1.29 is 9.84 Å². The van der Waals surface area contributed by atoms with Gasteiger partial charge in [0.05, 0.1) is 7.11 Å². The number of aliphatic hydroxyl groups excluding tert-OH is 1. The summed E-state index contributed by atoms with van der Waals surface area (Å²) >= 11 is 6.15. The van der Waals surface area contributed by atoms with Crippen molar-refractivity contribution in [2.75, 3.05) is 13.7 Å². The van der Waals surface area contributed by atoms with Crippen molar-refractivity contribution in [3.05, 3.63) is 28.8 Å². The predicted octanol–water partition coefficient (Wildman–Crippen LogP) is 2.29. The average molecular weight is 244 g/mol. The molecule has 90 valence electrons. The number of aliphatic hydroxyl groups is 1. The third-order valence-corrected chi connectivity index (χ3v) is 2.96. The molecule has 0 fully saturated rings. The minimum atomic E-state index is -0.522. The van der Waals surface area contributed by atoms with Gasteiger partial charge in [-0.05, 0) is 37.5 Å². The van der Waals surface area contributed by atoms with Gasteiger partial charge in [0.2, 0.25) is 0 Å². The Hall–Kier alpha value is -0.770. The van der Waals surface area contributed by atoms with E-state index in [4.69, 9.17) is 27.2 Å². The maximum atomic E-state index is 8.82. The quantitative estimate of drug-likeness (QED) is 0.834. The number of rotatable bonds is 5. The van der Waals surface area contributed by atoms with Crippen LogP contribution in [0.3, 0.4) is 0 Å². The van der Waals surface area contributed by atoms with Crippen molar-refractivity contribution in [2.24, 2.45) is 5.73 Å². The summed E-state index contributed by atoms with van der Waals surface area (Å²) in [5, 5.41) is 9.42. The van der Waals surface area contributed by atoms with E-state index in [9.17, 15) is 0 Å². The molecule has 0 heterocycles. The highest BCUT2D eigenvalue weighted by Crippen LogP contribution is 2.32. The van der Waals surface area contributed by atoms with E-state index in [-0.39, 0.29) is 6.61 Å². The molecule has 1 aromatic rings. The minimum Gasteiger partial charge on any atom is -0.497 e. The zero-order valence-corrected chi connectivity index (χ0v) is 10.4. The van der Waals surface area contributed by atoms with Gasteiger partial charge in [0.1, 0.15) is 5.75 Å². The first kappa shape index (κ1) is 13.3. The Morgan fingerprint density at radius 2 is 2.19 bits per heavy atom. The molecule has 0 aromatic heterocycles. The Balaban J connectivity index is 2.94. The third kappa shape index (κ3) is 3.11. The number of methoxy groups -OCH3 is 1. The van der Waals surface area contributed by atoms with Crippen LogP contribution in [0.5, 0.6) is 5.75 Å². The number of hydrogen-bond donors (Lipinski definition) is 2. The van der Waals surface area contributed by atoms with Crippen LogP contribution in [0.4, 0.5) is 0 Å². The lowest BCUT2D eigenvalue weighted by Gasteiger charge is -2.26. The van der Waals surface area contributed by atoms with Crippen LogP contribution in [0.2, 0.25) is 5.02 Å². The molecule has 3 nitrogen and oxygen atoms in total. The molecular weight excluding hydrogens is 226 g/mol. The summed E-state index contributed by atoms with van der Waals surface area (Å²) in [5.41, 5.74) is 6.54. The lowest BCUT2D eigenvalue weighted by Crippen LogP contribution is -2.33. The number of nitrogens with two attached hydrogens (primary N) is 1. The summed E-state index contributed by atoms with van der Waals surface area (Å²) in [6.45, 7) is 2.05. The molecule has 0 aliphatic rings. The van der Waals surface area contributed by atoms with Crippen LogP contribution in [0.15, 0.2) is 18.2 Å². The van der Waals surface area contributed by atoms with Crippen molar-refractivity contribution in [3.8, 4) is 5.75 Å². The Labute approximate surface area is 101 Å². The van der Waals surface area contributed by atoms with Crippen LogP contribution >= 0.6 is 11.6 Å². The predicted molar refractivity (Wildman–Crippen MR) is 65.9 cm³/mol. The van der Waals surface area contributed by atoms with E-state index < -0.39 is 5.54 Å². The molecule has 1 unspecified atom stereocenters. The molecule has 0 amide bonds. The average Bonchev–Trinajstić information content (AvgIpc) is 2.25. The van der Waals surface area contributed by atoms with Crippen LogP contribution in [-0.4, -0.2) is 18.8 Å². The molecule has 0 saturated carbocycles. The second-order valence-corrected chi connectivity index (χ2v) is 4.50. The van der Waals surface area contributed by atoms with Gasteiger partial charge < -0.3 is 15.6 Å². The van der Waals surface area contributed by atoms with Crippen molar-refractivity contribution in [2.45, 2.75) is 25.3 Å². The van der Waals surface area contributed by atoms with Crippen LogP contribution in [0.25, 0.3) is 0 Å². The van der Waals surface area contributed by atoms with Gasteiger partial charge in [0, 0.05) is 17.2 Å². The summed E-state index contributed by atoms with van der Waals surface area (Å²) in [5.74, 6) is 0.715. The van der Waals surface area contributed by atoms with Crippen molar-refractivity contribution in [1.29, 1.82) is 0 Å². The second kappa shape index (κ2) is 5.53. The van der Waals surface area contributed by atoms with Crippen LogP contribution in [0.1, 0.15) is 25.3 Å². The molecule has 1 aromatic carbocycles. The van der Waals surface area contributed by atoms with Crippen LogP contribution in [0, 0.1) is 0 Å². The summed E-state index contributed by atoms with van der Waals surface area (Å²) in [4.78, 5) is 0. The fourth-order valence-corrected chi connectivity index (χ4v) is 2.05. The first-order valence-electron chi connectivity index (χ1n) is 5.25. The van der Waals surface area contributed by atoms with E-state index in [0.717, 1.165) is 5.56 Å². The highest BCUT2D eigenvalue weighted by molar-refractivity contribution is 6.31. The zero-order valence-electron chi connectivity index (χ0n) is 9.66. The van der Waals surface area contributed by atoms with E-state index in [1.807, 2.05) is 19.1 Å². The topological polar surface area (TPSA) is 55.5 Å². The molecule has 0 saturated heterocycles.